The van der Waals surface area contributed by atoms with Crippen molar-refractivity contribution in [2.45, 2.75) is 0 Å². The highest BCUT2D eigenvalue weighted by molar-refractivity contribution is 7.25. The van der Waals surface area contributed by atoms with E-state index in [1.807, 2.05) is 11.3 Å². The number of hydrogen-bond donors (Lipinski definition) is 0. The minimum atomic E-state index is 0.979. The van der Waals surface area contributed by atoms with Gasteiger partial charge < -0.3 is 0 Å². The third-order valence-electron chi connectivity index (χ3n) is 8.66. The van der Waals surface area contributed by atoms with E-state index in [0.717, 1.165) is 22.5 Å². The molecule has 43 heavy (non-hydrogen) atoms. The summed E-state index contributed by atoms with van der Waals surface area (Å²) in [7, 11) is 0. The van der Waals surface area contributed by atoms with Gasteiger partial charge in [-0.05, 0) is 85.9 Å². The first kappa shape index (κ1) is 24.3. The molecule has 0 unspecified atom stereocenters. The van der Waals surface area contributed by atoms with Crippen LogP contribution in [0.5, 0.6) is 0 Å². The van der Waals surface area contributed by atoms with Crippen molar-refractivity contribution >= 4 is 63.8 Å². The van der Waals surface area contributed by atoms with Crippen molar-refractivity contribution < 1.29 is 0 Å². The molecule has 2 aromatic heterocycles. The SMILES string of the molecule is c1cc(-c2ccc3c4ccccc4c4ccccc4c3c2)cc(-c2cccc(-c3ccc4sc5ccccc5c4c3)n2)c1. The number of aromatic nitrogens is 1. The molecule has 9 rings (SSSR count). The number of benzene rings is 7. The zero-order chi connectivity index (χ0) is 28.3. The fraction of sp³-hybridized carbons (Fsp3) is 0. The Morgan fingerprint density at radius 1 is 0.302 bits per heavy atom. The minimum absolute atomic E-state index is 0.979. The van der Waals surface area contributed by atoms with Crippen molar-refractivity contribution in [3.8, 4) is 33.6 Å². The predicted octanol–water partition coefficient (Wildman–Crippen LogP) is 11.9. The lowest BCUT2D eigenvalue weighted by molar-refractivity contribution is 1.33. The summed E-state index contributed by atoms with van der Waals surface area (Å²) in [4.78, 5) is 5.15. The molecular weight excluding hydrogens is 539 g/mol. The second-order valence-electron chi connectivity index (χ2n) is 11.1. The summed E-state index contributed by atoms with van der Waals surface area (Å²) < 4.78 is 2.63. The molecule has 2 heterocycles. The van der Waals surface area contributed by atoms with Crippen LogP contribution in [0.15, 0.2) is 152 Å². The molecule has 2 heteroatoms. The zero-order valence-corrected chi connectivity index (χ0v) is 24.1. The Kier molecular flexibility index (Phi) is 5.44. The molecule has 0 aliphatic heterocycles. The fourth-order valence-electron chi connectivity index (χ4n) is 6.59. The summed E-state index contributed by atoms with van der Waals surface area (Å²) >= 11 is 1.85. The van der Waals surface area contributed by atoms with Crippen LogP contribution in [-0.4, -0.2) is 4.98 Å². The van der Waals surface area contributed by atoms with Gasteiger partial charge in [0.2, 0.25) is 0 Å². The molecule has 0 spiro atoms. The van der Waals surface area contributed by atoms with Gasteiger partial charge in [0, 0.05) is 31.3 Å². The first-order valence-electron chi connectivity index (χ1n) is 14.6. The average molecular weight is 564 g/mol. The first-order valence-corrected chi connectivity index (χ1v) is 15.4. The molecule has 200 valence electrons. The molecule has 0 fully saturated rings. The summed E-state index contributed by atoms with van der Waals surface area (Å²) in [6, 6.07) is 54.9. The highest BCUT2D eigenvalue weighted by atomic mass is 32.1. The van der Waals surface area contributed by atoms with Gasteiger partial charge >= 0.3 is 0 Å². The lowest BCUT2D eigenvalue weighted by Gasteiger charge is -2.12. The van der Waals surface area contributed by atoms with E-state index in [2.05, 4.69) is 152 Å². The monoisotopic (exact) mass is 563 g/mol. The van der Waals surface area contributed by atoms with E-state index in [1.165, 1.54) is 63.6 Å². The Labute approximate surface area is 253 Å². The highest BCUT2D eigenvalue weighted by Crippen LogP contribution is 2.38. The Balaban J connectivity index is 1.14. The maximum Gasteiger partial charge on any atom is 0.0709 e. The molecule has 0 atom stereocenters. The molecule has 0 saturated carbocycles. The van der Waals surface area contributed by atoms with Crippen molar-refractivity contribution in [1.29, 1.82) is 0 Å². The zero-order valence-electron chi connectivity index (χ0n) is 23.3. The van der Waals surface area contributed by atoms with Crippen LogP contribution in [0.1, 0.15) is 0 Å². The Morgan fingerprint density at radius 3 is 1.53 bits per heavy atom. The van der Waals surface area contributed by atoms with Crippen LogP contribution in [0.4, 0.5) is 0 Å². The first-order chi connectivity index (χ1) is 21.3. The standard InChI is InChI=1S/C41H25NS/c1-2-13-32-30(11-1)31-12-3-4-14-33(31)36-24-27(19-21-34(32)36)26-9-7-10-28(23-26)38-16-8-17-39(42-38)29-20-22-41-37(25-29)35-15-5-6-18-40(35)43-41/h1-25H. The Bertz CT molecular complexity index is 2480. The molecule has 0 aliphatic carbocycles. The van der Waals surface area contributed by atoms with Gasteiger partial charge in [0.15, 0.2) is 0 Å². The molecule has 0 N–H and O–H groups in total. The largest absolute Gasteiger partial charge is 0.248 e. The van der Waals surface area contributed by atoms with Crippen molar-refractivity contribution in [3.63, 3.8) is 0 Å². The van der Waals surface area contributed by atoms with Crippen LogP contribution in [0.3, 0.4) is 0 Å². The van der Waals surface area contributed by atoms with Crippen LogP contribution < -0.4 is 0 Å². The number of pyridine rings is 1. The van der Waals surface area contributed by atoms with Crippen molar-refractivity contribution in [2.75, 3.05) is 0 Å². The molecular formula is C41H25NS. The normalized spacial score (nSPS) is 11.7. The molecule has 9 aromatic rings. The van der Waals surface area contributed by atoms with E-state index < -0.39 is 0 Å². The van der Waals surface area contributed by atoms with Gasteiger partial charge in [-0.1, -0.05) is 109 Å². The fourth-order valence-corrected chi connectivity index (χ4v) is 7.67. The maximum absolute atomic E-state index is 5.15. The third-order valence-corrected chi connectivity index (χ3v) is 9.81. The van der Waals surface area contributed by atoms with Crippen LogP contribution in [0.2, 0.25) is 0 Å². The van der Waals surface area contributed by atoms with E-state index in [-0.39, 0.29) is 0 Å². The number of rotatable bonds is 3. The Morgan fingerprint density at radius 2 is 0.791 bits per heavy atom. The third kappa shape index (κ3) is 3.95. The van der Waals surface area contributed by atoms with E-state index in [9.17, 15) is 0 Å². The number of fused-ring (bicyclic) bond motifs is 9. The second kappa shape index (κ2) is 9.62. The average Bonchev–Trinajstić information content (AvgIpc) is 3.46. The molecule has 0 aliphatic rings. The summed E-state index contributed by atoms with van der Waals surface area (Å²) in [5.41, 5.74) is 6.62. The van der Waals surface area contributed by atoms with Gasteiger partial charge in [0.1, 0.15) is 0 Å². The molecule has 7 aromatic carbocycles. The molecule has 0 amide bonds. The molecule has 0 radical (unpaired) electrons. The number of hydrogen-bond acceptors (Lipinski definition) is 2. The smallest absolute Gasteiger partial charge is 0.0709 e. The van der Waals surface area contributed by atoms with E-state index >= 15 is 0 Å². The van der Waals surface area contributed by atoms with Crippen molar-refractivity contribution in [3.05, 3.63) is 152 Å². The number of thiophene rings is 1. The van der Waals surface area contributed by atoms with E-state index in [0.29, 0.717) is 0 Å². The van der Waals surface area contributed by atoms with Crippen LogP contribution >= 0.6 is 11.3 Å². The summed E-state index contributed by atoms with van der Waals surface area (Å²) in [5.74, 6) is 0. The van der Waals surface area contributed by atoms with Gasteiger partial charge in [-0.15, -0.1) is 11.3 Å². The van der Waals surface area contributed by atoms with Gasteiger partial charge in [-0.3, -0.25) is 0 Å². The molecule has 0 bridgehead atoms. The van der Waals surface area contributed by atoms with Gasteiger partial charge in [-0.25, -0.2) is 4.98 Å². The van der Waals surface area contributed by atoms with Gasteiger partial charge in [0.25, 0.3) is 0 Å². The van der Waals surface area contributed by atoms with E-state index in [1.54, 1.807) is 0 Å². The molecule has 0 saturated heterocycles. The minimum Gasteiger partial charge on any atom is -0.248 e. The quantitative estimate of drug-likeness (QED) is 0.195. The predicted molar refractivity (Wildman–Crippen MR) is 186 cm³/mol. The lowest BCUT2D eigenvalue weighted by Crippen LogP contribution is -1.89. The van der Waals surface area contributed by atoms with Gasteiger partial charge in [0.05, 0.1) is 11.4 Å². The summed E-state index contributed by atoms with van der Waals surface area (Å²) in [6.45, 7) is 0. The highest BCUT2D eigenvalue weighted by Gasteiger charge is 2.12. The lowest BCUT2D eigenvalue weighted by atomic mass is 9.91. The van der Waals surface area contributed by atoms with Crippen LogP contribution in [-0.2, 0) is 0 Å². The topological polar surface area (TPSA) is 12.9 Å². The Hall–Kier alpha value is -5.31. The van der Waals surface area contributed by atoms with Crippen LogP contribution in [0, 0.1) is 0 Å². The maximum atomic E-state index is 5.15. The van der Waals surface area contributed by atoms with Crippen LogP contribution in [0.25, 0.3) is 86.1 Å². The second-order valence-corrected chi connectivity index (χ2v) is 12.2. The van der Waals surface area contributed by atoms with Gasteiger partial charge in [-0.2, -0.15) is 0 Å². The summed E-state index contributed by atoms with van der Waals surface area (Å²) in [6.07, 6.45) is 0. The number of nitrogens with zero attached hydrogens (tertiary/aromatic N) is 1. The summed E-state index contributed by atoms with van der Waals surface area (Å²) in [5, 5.41) is 10.4. The molecule has 1 nitrogen and oxygen atoms in total. The van der Waals surface area contributed by atoms with Crippen molar-refractivity contribution in [2.24, 2.45) is 0 Å². The van der Waals surface area contributed by atoms with Crippen molar-refractivity contribution in [1.82, 2.24) is 4.98 Å². The van der Waals surface area contributed by atoms with E-state index in [4.69, 9.17) is 4.98 Å².